The van der Waals surface area contributed by atoms with E-state index in [4.69, 9.17) is 20.0 Å². The fourth-order valence-electron chi connectivity index (χ4n) is 4.34. The van der Waals surface area contributed by atoms with E-state index in [-0.39, 0.29) is 11.5 Å². The molecule has 1 fully saturated rings. The van der Waals surface area contributed by atoms with Gasteiger partial charge in [0.15, 0.2) is 5.82 Å². The van der Waals surface area contributed by atoms with Crippen molar-refractivity contribution in [1.82, 2.24) is 19.9 Å². The van der Waals surface area contributed by atoms with Gasteiger partial charge >= 0.3 is 0 Å². The summed E-state index contributed by atoms with van der Waals surface area (Å²) in [5.74, 6) is 1.39. The van der Waals surface area contributed by atoms with Crippen LogP contribution in [0.3, 0.4) is 0 Å². The van der Waals surface area contributed by atoms with E-state index < -0.39 is 5.82 Å². The molecule has 0 spiro atoms. The highest BCUT2D eigenvalue weighted by atomic mass is 32.1. The lowest BCUT2D eigenvalue weighted by Gasteiger charge is -2.31. The lowest BCUT2D eigenvalue weighted by molar-refractivity contribution is 0.199. The maximum atomic E-state index is 13.6. The maximum Gasteiger partial charge on any atom is 0.213 e. The van der Waals surface area contributed by atoms with E-state index >= 15 is 0 Å². The fourth-order valence-corrected chi connectivity index (χ4v) is 5.08. The zero-order valence-electron chi connectivity index (χ0n) is 18.8. The number of halogens is 1. The van der Waals surface area contributed by atoms with Crippen LogP contribution in [0, 0.1) is 17.1 Å². The van der Waals surface area contributed by atoms with Gasteiger partial charge in [0.05, 0.1) is 17.6 Å². The molecule has 7 nitrogen and oxygen atoms in total. The lowest BCUT2D eigenvalue weighted by Crippen LogP contribution is -2.33. The van der Waals surface area contributed by atoms with Crippen LogP contribution in [0.15, 0.2) is 42.5 Å². The van der Waals surface area contributed by atoms with Crippen molar-refractivity contribution >= 4 is 28.1 Å². The number of nitriles is 1. The quantitative estimate of drug-likeness (QED) is 0.389. The SMILES string of the molecule is CNc1ccc2nc(CN3CCC(c4cccc(OCc5cc(F)c(C#N)s5)n4)CC3)[nH]c2c1. The minimum Gasteiger partial charge on any atom is -0.472 e. The summed E-state index contributed by atoms with van der Waals surface area (Å²) in [5, 5.41) is 12.1. The van der Waals surface area contributed by atoms with Gasteiger partial charge in [-0.05, 0) is 56.3 Å². The molecule has 5 rings (SSSR count). The van der Waals surface area contributed by atoms with Crippen LogP contribution in [0.25, 0.3) is 11.0 Å². The van der Waals surface area contributed by atoms with Gasteiger partial charge in [0.25, 0.3) is 0 Å². The average Bonchev–Trinajstić information content (AvgIpc) is 3.44. The summed E-state index contributed by atoms with van der Waals surface area (Å²) in [5.41, 5.74) is 4.12. The van der Waals surface area contributed by atoms with Crippen molar-refractivity contribution < 1.29 is 9.13 Å². The molecule has 1 aliphatic rings. The van der Waals surface area contributed by atoms with Crippen molar-refractivity contribution in [2.45, 2.75) is 31.9 Å². The van der Waals surface area contributed by atoms with Crippen LogP contribution in [0.2, 0.25) is 0 Å². The molecule has 0 aliphatic carbocycles. The molecule has 174 valence electrons. The Morgan fingerprint density at radius 1 is 1.24 bits per heavy atom. The summed E-state index contributed by atoms with van der Waals surface area (Å²) in [6, 6.07) is 15.2. The Kier molecular flexibility index (Phi) is 6.43. The van der Waals surface area contributed by atoms with Crippen molar-refractivity contribution in [3.8, 4) is 11.9 Å². The van der Waals surface area contributed by atoms with Gasteiger partial charge in [0.2, 0.25) is 5.88 Å². The summed E-state index contributed by atoms with van der Waals surface area (Å²) >= 11 is 1.11. The highest BCUT2D eigenvalue weighted by Gasteiger charge is 2.23. The van der Waals surface area contributed by atoms with Crippen LogP contribution in [0.5, 0.6) is 5.88 Å². The normalized spacial score (nSPS) is 14.9. The molecular formula is C25H25FN6OS. The number of pyridine rings is 1. The number of aromatic nitrogens is 3. The third-order valence-electron chi connectivity index (χ3n) is 6.15. The van der Waals surface area contributed by atoms with Crippen molar-refractivity contribution in [2.24, 2.45) is 0 Å². The molecule has 34 heavy (non-hydrogen) atoms. The molecule has 0 bridgehead atoms. The predicted molar refractivity (Wildman–Crippen MR) is 130 cm³/mol. The van der Waals surface area contributed by atoms with E-state index in [0.717, 1.165) is 72.1 Å². The Morgan fingerprint density at radius 2 is 2.09 bits per heavy atom. The van der Waals surface area contributed by atoms with Crippen molar-refractivity contribution in [1.29, 1.82) is 5.26 Å². The summed E-state index contributed by atoms with van der Waals surface area (Å²) in [7, 11) is 1.91. The van der Waals surface area contributed by atoms with Crippen LogP contribution < -0.4 is 10.1 Å². The molecule has 4 heterocycles. The number of piperidine rings is 1. The molecular weight excluding hydrogens is 451 g/mol. The van der Waals surface area contributed by atoms with Gasteiger partial charge in [-0.3, -0.25) is 4.90 Å². The molecule has 0 amide bonds. The molecule has 9 heteroatoms. The van der Waals surface area contributed by atoms with Crippen molar-refractivity contribution in [3.05, 3.63) is 69.6 Å². The van der Waals surface area contributed by atoms with Gasteiger partial charge in [0.1, 0.15) is 23.4 Å². The number of hydrogen-bond acceptors (Lipinski definition) is 7. The number of thiophene rings is 1. The summed E-state index contributed by atoms with van der Waals surface area (Å²) in [6.07, 6.45) is 2.03. The number of fused-ring (bicyclic) bond motifs is 1. The van der Waals surface area contributed by atoms with E-state index in [9.17, 15) is 4.39 Å². The smallest absolute Gasteiger partial charge is 0.213 e. The third-order valence-corrected chi connectivity index (χ3v) is 7.13. The minimum atomic E-state index is -0.495. The van der Waals surface area contributed by atoms with Gasteiger partial charge in [-0.2, -0.15) is 5.26 Å². The molecule has 1 saturated heterocycles. The second kappa shape index (κ2) is 9.79. The van der Waals surface area contributed by atoms with Gasteiger partial charge in [0, 0.05) is 35.3 Å². The van der Waals surface area contributed by atoms with E-state index in [1.165, 1.54) is 6.07 Å². The number of rotatable bonds is 7. The second-order valence-corrected chi connectivity index (χ2v) is 9.54. The lowest BCUT2D eigenvalue weighted by atomic mass is 9.93. The number of likely N-dealkylation sites (tertiary alicyclic amines) is 1. The number of benzene rings is 1. The number of ether oxygens (including phenoxy) is 1. The van der Waals surface area contributed by atoms with Gasteiger partial charge < -0.3 is 15.0 Å². The Bertz CT molecular complexity index is 1330. The molecule has 0 saturated carbocycles. The number of anilines is 1. The maximum absolute atomic E-state index is 13.6. The molecule has 4 aromatic rings. The van der Waals surface area contributed by atoms with Crippen molar-refractivity contribution in [3.63, 3.8) is 0 Å². The molecule has 0 radical (unpaired) electrons. The highest BCUT2D eigenvalue weighted by Crippen LogP contribution is 2.29. The third kappa shape index (κ3) is 4.88. The molecule has 0 unspecified atom stereocenters. The summed E-state index contributed by atoms with van der Waals surface area (Å²) in [6.45, 7) is 2.95. The molecule has 3 aromatic heterocycles. The van der Waals surface area contributed by atoms with Crippen LogP contribution >= 0.6 is 11.3 Å². The standard InChI is InChI=1S/C25H25FN6OS/c1-28-17-5-6-21-22(11-17)30-24(29-21)14-32-9-7-16(8-10-32)20-3-2-4-25(31-20)33-15-18-12-19(26)23(13-27)34-18/h2-6,11-12,16,28H,7-10,14-15H2,1H3,(H,29,30). The fraction of sp³-hybridized carbons (Fsp3) is 0.320. The second-order valence-electron chi connectivity index (χ2n) is 8.41. The number of H-pyrrole nitrogens is 1. The van der Waals surface area contributed by atoms with Gasteiger partial charge in [-0.15, -0.1) is 11.3 Å². The number of hydrogen-bond donors (Lipinski definition) is 2. The number of imidazole rings is 1. The minimum absolute atomic E-state index is 0.0810. The van der Waals surface area contributed by atoms with E-state index in [0.29, 0.717) is 16.7 Å². The van der Waals surface area contributed by atoms with E-state index in [2.05, 4.69) is 21.3 Å². The Morgan fingerprint density at radius 3 is 2.85 bits per heavy atom. The van der Waals surface area contributed by atoms with E-state index in [1.54, 1.807) is 0 Å². The van der Waals surface area contributed by atoms with Gasteiger partial charge in [-0.25, -0.2) is 14.4 Å². The number of nitrogens with one attached hydrogen (secondary N) is 2. The molecule has 1 aromatic carbocycles. The molecule has 1 aliphatic heterocycles. The van der Waals surface area contributed by atoms with Crippen LogP contribution in [0.1, 0.15) is 40.0 Å². The first-order valence-corrected chi connectivity index (χ1v) is 12.1. The first kappa shape index (κ1) is 22.3. The first-order valence-electron chi connectivity index (χ1n) is 11.3. The number of nitrogens with zero attached hydrogens (tertiary/aromatic N) is 4. The topological polar surface area (TPSA) is 89.9 Å². The Labute approximate surface area is 201 Å². The zero-order chi connectivity index (χ0) is 23.5. The largest absolute Gasteiger partial charge is 0.472 e. The average molecular weight is 477 g/mol. The van der Waals surface area contributed by atoms with E-state index in [1.807, 2.05) is 43.4 Å². The number of aromatic amines is 1. The van der Waals surface area contributed by atoms with Crippen LogP contribution in [-0.2, 0) is 13.2 Å². The Balaban J connectivity index is 1.16. The molecule has 2 N–H and O–H groups in total. The predicted octanol–water partition coefficient (Wildman–Crippen LogP) is 5.03. The van der Waals surface area contributed by atoms with Crippen LogP contribution in [0.4, 0.5) is 10.1 Å². The zero-order valence-corrected chi connectivity index (χ0v) is 19.7. The van der Waals surface area contributed by atoms with Gasteiger partial charge in [-0.1, -0.05) is 6.07 Å². The summed E-state index contributed by atoms with van der Waals surface area (Å²) in [4.78, 5) is 16.0. The highest BCUT2D eigenvalue weighted by molar-refractivity contribution is 7.12. The Hall–Kier alpha value is -3.48. The monoisotopic (exact) mass is 476 g/mol. The van der Waals surface area contributed by atoms with Crippen molar-refractivity contribution in [2.75, 3.05) is 25.5 Å². The molecule has 0 atom stereocenters. The summed E-state index contributed by atoms with van der Waals surface area (Å²) < 4.78 is 19.4. The van der Waals surface area contributed by atoms with Crippen LogP contribution in [-0.4, -0.2) is 40.0 Å². The first-order chi connectivity index (χ1) is 16.6.